The van der Waals surface area contributed by atoms with Gasteiger partial charge >= 0.3 is 5.97 Å². The van der Waals surface area contributed by atoms with E-state index in [1.807, 2.05) is 0 Å². The molecule has 134 valence electrons. The molecule has 0 bridgehead atoms. The fraction of sp³-hybridized carbons (Fsp3) is 0.421. The lowest BCUT2D eigenvalue weighted by molar-refractivity contribution is -0.153. The molecule has 0 fully saturated rings. The standard InChI is InChI=1S/C19H23FN2O3/c1-18(2,3)25-16(23)11-22-17(24)13-8-9-21-15-7-6-12(10-14(13)15)19(4,5)20/h6-10H,11H2,1-5H3,(H,22,24). The zero-order valence-corrected chi connectivity index (χ0v) is 15.1. The number of fused-ring (bicyclic) bond motifs is 1. The highest BCUT2D eigenvalue weighted by molar-refractivity contribution is 6.06. The van der Waals surface area contributed by atoms with Crippen LogP contribution in [0, 0.1) is 0 Å². The number of nitrogens with one attached hydrogen (secondary N) is 1. The predicted octanol–water partition coefficient (Wildman–Crippen LogP) is 3.51. The van der Waals surface area contributed by atoms with E-state index in [1.54, 1.807) is 45.0 Å². The molecule has 0 radical (unpaired) electrons. The summed E-state index contributed by atoms with van der Waals surface area (Å²) in [6.07, 6.45) is 1.50. The quantitative estimate of drug-likeness (QED) is 0.860. The first-order valence-electron chi connectivity index (χ1n) is 8.05. The number of hydrogen-bond acceptors (Lipinski definition) is 4. The van der Waals surface area contributed by atoms with Crippen molar-refractivity contribution in [1.82, 2.24) is 10.3 Å². The number of rotatable bonds is 4. The van der Waals surface area contributed by atoms with Crippen LogP contribution < -0.4 is 5.32 Å². The first-order valence-corrected chi connectivity index (χ1v) is 8.05. The Balaban J connectivity index is 2.24. The monoisotopic (exact) mass is 346 g/mol. The van der Waals surface area contributed by atoms with E-state index in [0.717, 1.165) is 0 Å². The molecule has 0 spiro atoms. The van der Waals surface area contributed by atoms with Crippen LogP contribution in [-0.4, -0.2) is 29.0 Å². The van der Waals surface area contributed by atoms with Gasteiger partial charge in [-0.05, 0) is 58.4 Å². The van der Waals surface area contributed by atoms with Crippen molar-refractivity contribution in [2.45, 2.75) is 45.9 Å². The molecule has 0 aliphatic carbocycles. The molecular formula is C19H23FN2O3. The normalized spacial score (nSPS) is 12.1. The maximum atomic E-state index is 14.2. The molecule has 0 saturated carbocycles. The largest absolute Gasteiger partial charge is 0.459 e. The van der Waals surface area contributed by atoms with Gasteiger partial charge in [0.2, 0.25) is 0 Å². The van der Waals surface area contributed by atoms with E-state index in [9.17, 15) is 14.0 Å². The van der Waals surface area contributed by atoms with E-state index < -0.39 is 23.1 Å². The minimum atomic E-state index is -1.53. The van der Waals surface area contributed by atoms with E-state index in [-0.39, 0.29) is 6.54 Å². The molecule has 5 nitrogen and oxygen atoms in total. The Labute approximate surface area is 146 Å². The molecule has 2 aromatic rings. The maximum absolute atomic E-state index is 14.2. The van der Waals surface area contributed by atoms with Gasteiger partial charge in [-0.15, -0.1) is 0 Å². The first-order chi connectivity index (χ1) is 11.5. The van der Waals surface area contributed by atoms with Gasteiger partial charge < -0.3 is 10.1 Å². The molecule has 1 heterocycles. The van der Waals surface area contributed by atoms with Gasteiger partial charge in [-0.1, -0.05) is 6.07 Å². The number of hydrogen-bond donors (Lipinski definition) is 1. The molecule has 0 aliphatic rings. The number of carbonyl (C=O) groups excluding carboxylic acids is 2. The minimum absolute atomic E-state index is 0.242. The van der Waals surface area contributed by atoms with Crippen LogP contribution in [0.15, 0.2) is 30.5 Å². The number of carbonyl (C=O) groups is 2. The Hall–Kier alpha value is -2.50. The molecule has 1 amide bonds. The summed E-state index contributed by atoms with van der Waals surface area (Å²) in [5.74, 6) is -0.961. The van der Waals surface area contributed by atoms with E-state index in [4.69, 9.17) is 4.74 Å². The zero-order valence-electron chi connectivity index (χ0n) is 15.1. The Morgan fingerprint density at radius 3 is 2.44 bits per heavy atom. The number of esters is 1. The van der Waals surface area contributed by atoms with E-state index >= 15 is 0 Å². The van der Waals surface area contributed by atoms with Gasteiger partial charge in [-0.2, -0.15) is 0 Å². The number of aromatic nitrogens is 1. The average molecular weight is 346 g/mol. The van der Waals surface area contributed by atoms with Gasteiger partial charge in [0.1, 0.15) is 17.8 Å². The Kier molecular flexibility index (Phi) is 5.11. The first kappa shape index (κ1) is 18.8. The SMILES string of the molecule is CC(C)(C)OC(=O)CNC(=O)c1ccnc2ccc(C(C)(C)F)cc12. The van der Waals surface area contributed by atoms with Gasteiger partial charge in [0, 0.05) is 11.6 Å². The van der Waals surface area contributed by atoms with Crippen LogP contribution in [-0.2, 0) is 15.2 Å². The highest BCUT2D eigenvalue weighted by atomic mass is 19.1. The Bertz CT molecular complexity index is 804. The summed E-state index contributed by atoms with van der Waals surface area (Å²) in [7, 11) is 0. The second-order valence-corrected chi connectivity index (χ2v) is 7.33. The summed E-state index contributed by atoms with van der Waals surface area (Å²) < 4.78 is 19.4. The van der Waals surface area contributed by atoms with Crippen LogP contribution >= 0.6 is 0 Å². The topological polar surface area (TPSA) is 68.3 Å². The number of amides is 1. The van der Waals surface area contributed by atoms with Crippen molar-refractivity contribution in [1.29, 1.82) is 0 Å². The average Bonchev–Trinajstić information content (AvgIpc) is 2.49. The third-order valence-electron chi connectivity index (χ3n) is 3.49. The number of benzene rings is 1. The van der Waals surface area contributed by atoms with E-state index in [1.165, 1.54) is 20.0 Å². The van der Waals surface area contributed by atoms with E-state index in [0.29, 0.717) is 22.0 Å². The lowest BCUT2D eigenvalue weighted by atomic mass is 9.96. The highest BCUT2D eigenvalue weighted by Crippen LogP contribution is 2.28. The lowest BCUT2D eigenvalue weighted by Gasteiger charge is -2.19. The summed E-state index contributed by atoms with van der Waals surface area (Å²) >= 11 is 0. The smallest absolute Gasteiger partial charge is 0.325 e. The van der Waals surface area contributed by atoms with Crippen molar-refractivity contribution in [2.24, 2.45) is 0 Å². The molecule has 1 N–H and O–H groups in total. The molecule has 25 heavy (non-hydrogen) atoms. The third-order valence-corrected chi connectivity index (χ3v) is 3.49. The zero-order chi connectivity index (χ0) is 18.8. The van der Waals surface area contributed by atoms with Gasteiger partial charge in [-0.3, -0.25) is 14.6 Å². The summed E-state index contributed by atoms with van der Waals surface area (Å²) in [4.78, 5) is 28.4. The van der Waals surface area contributed by atoms with Crippen LogP contribution in [0.1, 0.15) is 50.5 Å². The van der Waals surface area contributed by atoms with Crippen molar-refractivity contribution < 1.29 is 18.7 Å². The fourth-order valence-electron chi connectivity index (χ4n) is 2.34. The minimum Gasteiger partial charge on any atom is -0.459 e. The summed E-state index contributed by atoms with van der Waals surface area (Å²) in [5, 5.41) is 3.07. The molecule has 0 aliphatic heterocycles. The van der Waals surface area contributed by atoms with Crippen molar-refractivity contribution in [2.75, 3.05) is 6.54 Å². The molecule has 0 unspecified atom stereocenters. The van der Waals surface area contributed by atoms with Gasteiger partial charge in [0.15, 0.2) is 0 Å². The van der Waals surface area contributed by atoms with Crippen LogP contribution in [0.4, 0.5) is 4.39 Å². The predicted molar refractivity (Wildman–Crippen MR) is 94.1 cm³/mol. The molecule has 1 aromatic carbocycles. The van der Waals surface area contributed by atoms with Gasteiger partial charge in [0.25, 0.3) is 5.91 Å². The van der Waals surface area contributed by atoms with Crippen LogP contribution in [0.2, 0.25) is 0 Å². The molecule has 0 atom stereocenters. The van der Waals surface area contributed by atoms with Crippen LogP contribution in [0.25, 0.3) is 10.9 Å². The van der Waals surface area contributed by atoms with Crippen LogP contribution in [0.5, 0.6) is 0 Å². The molecular weight excluding hydrogens is 323 g/mol. The molecule has 6 heteroatoms. The fourth-order valence-corrected chi connectivity index (χ4v) is 2.34. The van der Waals surface area contributed by atoms with Gasteiger partial charge in [-0.25, -0.2) is 4.39 Å². The van der Waals surface area contributed by atoms with E-state index in [2.05, 4.69) is 10.3 Å². The maximum Gasteiger partial charge on any atom is 0.325 e. The third kappa shape index (κ3) is 4.98. The summed E-state index contributed by atoms with van der Waals surface area (Å²) in [5.41, 5.74) is -0.784. The summed E-state index contributed by atoms with van der Waals surface area (Å²) in [6.45, 7) is 7.92. The number of nitrogens with zero attached hydrogens (tertiary/aromatic N) is 1. The molecule has 2 rings (SSSR count). The van der Waals surface area contributed by atoms with Gasteiger partial charge in [0.05, 0.1) is 11.1 Å². The number of pyridine rings is 1. The van der Waals surface area contributed by atoms with Crippen molar-refractivity contribution >= 4 is 22.8 Å². The molecule has 0 saturated heterocycles. The second-order valence-electron chi connectivity index (χ2n) is 7.33. The van der Waals surface area contributed by atoms with Crippen molar-refractivity contribution in [3.8, 4) is 0 Å². The Morgan fingerprint density at radius 1 is 1.16 bits per heavy atom. The van der Waals surface area contributed by atoms with Crippen molar-refractivity contribution in [3.05, 3.63) is 41.6 Å². The number of alkyl halides is 1. The second kappa shape index (κ2) is 6.78. The Morgan fingerprint density at radius 2 is 1.84 bits per heavy atom. The molecule has 1 aromatic heterocycles. The highest BCUT2D eigenvalue weighted by Gasteiger charge is 2.21. The number of ether oxygens (including phenoxy) is 1. The van der Waals surface area contributed by atoms with Crippen molar-refractivity contribution in [3.63, 3.8) is 0 Å². The lowest BCUT2D eigenvalue weighted by Crippen LogP contribution is -2.34. The summed E-state index contributed by atoms with van der Waals surface area (Å²) in [6, 6.07) is 6.49. The number of halogens is 1. The van der Waals surface area contributed by atoms with Crippen LogP contribution in [0.3, 0.4) is 0 Å².